The number of carbonyl (C=O) groups excluding carboxylic acids is 1. The lowest BCUT2D eigenvalue weighted by Crippen LogP contribution is -2.21. The summed E-state index contributed by atoms with van der Waals surface area (Å²) in [6.45, 7) is 3.71. The summed E-state index contributed by atoms with van der Waals surface area (Å²) >= 11 is 0. The summed E-state index contributed by atoms with van der Waals surface area (Å²) in [6.07, 6.45) is 0.0111. The molecular formula is C12H14N2O2. The Bertz CT molecular complexity index is 408. The Morgan fingerprint density at radius 1 is 1.50 bits per heavy atom. The van der Waals surface area contributed by atoms with E-state index < -0.39 is 0 Å². The van der Waals surface area contributed by atoms with Gasteiger partial charge < -0.3 is 10.1 Å². The monoisotopic (exact) mass is 218 g/mol. The number of rotatable bonds is 4. The predicted octanol–water partition coefficient (Wildman–Crippen LogP) is 1.92. The van der Waals surface area contributed by atoms with E-state index in [-0.39, 0.29) is 18.6 Å². The van der Waals surface area contributed by atoms with Crippen molar-refractivity contribution in [2.45, 2.75) is 20.0 Å². The second kappa shape index (κ2) is 5.89. The summed E-state index contributed by atoms with van der Waals surface area (Å²) in [7, 11) is 0. The van der Waals surface area contributed by atoms with Gasteiger partial charge in [0.25, 0.3) is 0 Å². The van der Waals surface area contributed by atoms with Gasteiger partial charge in [0.2, 0.25) is 5.91 Å². The molecule has 4 nitrogen and oxygen atoms in total. The van der Waals surface area contributed by atoms with Crippen molar-refractivity contribution in [3.05, 3.63) is 29.8 Å². The Morgan fingerprint density at radius 3 is 2.81 bits per heavy atom. The SMILES string of the molecule is CC(C)OCC(=O)Nc1ccccc1C#N. The van der Waals surface area contributed by atoms with E-state index in [2.05, 4.69) is 5.32 Å². The number of nitrogens with zero attached hydrogens (tertiary/aromatic N) is 1. The molecule has 0 bridgehead atoms. The second-order valence-corrected chi connectivity index (χ2v) is 3.57. The van der Waals surface area contributed by atoms with Crippen LogP contribution in [0.4, 0.5) is 5.69 Å². The number of carbonyl (C=O) groups is 1. The summed E-state index contributed by atoms with van der Waals surface area (Å²) in [5.74, 6) is -0.253. The zero-order chi connectivity index (χ0) is 12.0. The van der Waals surface area contributed by atoms with E-state index in [4.69, 9.17) is 10.00 Å². The molecule has 1 aromatic carbocycles. The molecule has 0 spiro atoms. The molecule has 0 radical (unpaired) electrons. The summed E-state index contributed by atoms with van der Waals surface area (Å²) in [5.41, 5.74) is 0.961. The molecule has 84 valence electrons. The van der Waals surface area contributed by atoms with E-state index in [0.29, 0.717) is 11.3 Å². The summed E-state index contributed by atoms with van der Waals surface area (Å²) < 4.78 is 5.15. The quantitative estimate of drug-likeness (QED) is 0.839. The van der Waals surface area contributed by atoms with E-state index in [1.54, 1.807) is 24.3 Å². The van der Waals surface area contributed by atoms with E-state index >= 15 is 0 Å². The summed E-state index contributed by atoms with van der Waals surface area (Å²) in [4.78, 5) is 11.4. The summed E-state index contributed by atoms with van der Waals surface area (Å²) in [6, 6.07) is 8.86. The van der Waals surface area contributed by atoms with E-state index in [1.165, 1.54) is 0 Å². The maximum Gasteiger partial charge on any atom is 0.250 e. The largest absolute Gasteiger partial charge is 0.369 e. The molecule has 0 aliphatic rings. The van der Waals surface area contributed by atoms with Crippen LogP contribution in [-0.4, -0.2) is 18.6 Å². The van der Waals surface area contributed by atoms with Gasteiger partial charge in [0.05, 0.1) is 17.4 Å². The smallest absolute Gasteiger partial charge is 0.250 e. The van der Waals surface area contributed by atoms with Gasteiger partial charge in [-0.2, -0.15) is 5.26 Å². The van der Waals surface area contributed by atoms with E-state index in [0.717, 1.165) is 0 Å². The first-order chi connectivity index (χ1) is 7.63. The van der Waals surface area contributed by atoms with Crippen LogP contribution in [0, 0.1) is 11.3 Å². The van der Waals surface area contributed by atoms with Crippen LogP contribution >= 0.6 is 0 Å². The van der Waals surface area contributed by atoms with Crippen LogP contribution < -0.4 is 5.32 Å². The first-order valence-electron chi connectivity index (χ1n) is 5.04. The van der Waals surface area contributed by atoms with Crippen molar-refractivity contribution in [3.8, 4) is 6.07 Å². The van der Waals surface area contributed by atoms with Crippen molar-refractivity contribution in [1.82, 2.24) is 0 Å². The van der Waals surface area contributed by atoms with Crippen LogP contribution in [-0.2, 0) is 9.53 Å². The highest BCUT2D eigenvalue weighted by molar-refractivity contribution is 5.92. The van der Waals surface area contributed by atoms with Gasteiger partial charge in [0.1, 0.15) is 12.7 Å². The molecule has 0 unspecified atom stereocenters. The fourth-order valence-corrected chi connectivity index (χ4v) is 1.12. The normalized spacial score (nSPS) is 9.88. The molecular weight excluding hydrogens is 204 g/mol. The topological polar surface area (TPSA) is 62.1 Å². The molecule has 4 heteroatoms. The molecule has 1 rings (SSSR count). The van der Waals surface area contributed by atoms with Crippen molar-refractivity contribution in [2.75, 3.05) is 11.9 Å². The molecule has 16 heavy (non-hydrogen) atoms. The third kappa shape index (κ3) is 3.71. The number of anilines is 1. The molecule has 1 amide bonds. The Balaban J connectivity index is 2.60. The maximum absolute atomic E-state index is 11.4. The van der Waals surface area contributed by atoms with Crippen molar-refractivity contribution in [2.24, 2.45) is 0 Å². The average molecular weight is 218 g/mol. The van der Waals surface area contributed by atoms with Gasteiger partial charge in [0.15, 0.2) is 0 Å². The fraction of sp³-hybridized carbons (Fsp3) is 0.333. The number of ether oxygens (including phenoxy) is 1. The van der Waals surface area contributed by atoms with Crippen LogP contribution in [0.2, 0.25) is 0 Å². The molecule has 0 heterocycles. The number of nitriles is 1. The standard InChI is InChI=1S/C12H14N2O2/c1-9(2)16-8-12(15)14-11-6-4-3-5-10(11)7-13/h3-6,9H,8H2,1-2H3,(H,14,15). The third-order valence-electron chi connectivity index (χ3n) is 1.87. The van der Waals surface area contributed by atoms with Gasteiger partial charge in [-0.1, -0.05) is 12.1 Å². The summed E-state index contributed by atoms with van der Waals surface area (Å²) in [5, 5.41) is 11.4. The molecule has 1 N–H and O–H groups in total. The van der Waals surface area contributed by atoms with Crippen LogP contribution in [0.1, 0.15) is 19.4 Å². The van der Waals surface area contributed by atoms with E-state index in [1.807, 2.05) is 19.9 Å². The van der Waals surface area contributed by atoms with Crippen molar-refractivity contribution >= 4 is 11.6 Å². The highest BCUT2D eigenvalue weighted by Crippen LogP contribution is 2.13. The van der Waals surface area contributed by atoms with Gasteiger partial charge in [-0.05, 0) is 26.0 Å². The van der Waals surface area contributed by atoms with Crippen LogP contribution in [0.5, 0.6) is 0 Å². The van der Waals surface area contributed by atoms with Gasteiger partial charge in [-0.25, -0.2) is 0 Å². The Kier molecular flexibility index (Phi) is 4.49. The van der Waals surface area contributed by atoms with Gasteiger partial charge >= 0.3 is 0 Å². The van der Waals surface area contributed by atoms with Gasteiger partial charge in [0, 0.05) is 0 Å². The molecule has 0 atom stereocenters. The maximum atomic E-state index is 11.4. The average Bonchev–Trinajstić information content (AvgIpc) is 2.27. The minimum Gasteiger partial charge on any atom is -0.369 e. The predicted molar refractivity (Wildman–Crippen MR) is 60.9 cm³/mol. The third-order valence-corrected chi connectivity index (χ3v) is 1.87. The molecule has 0 saturated heterocycles. The highest BCUT2D eigenvalue weighted by Gasteiger charge is 2.06. The number of amides is 1. The number of hydrogen-bond acceptors (Lipinski definition) is 3. The minimum atomic E-state index is -0.253. The van der Waals surface area contributed by atoms with Crippen molar-refractivity contribution in [1.29, 1.82) is 5.26 Å². The molecule has 0 aliphatic carbocycles. The van der Waals surface area contributed by atoms with Gasteiger partial charge in [-0.15, -0.1) is 0 Å². The number of hydrogen-bond donors (Lipinski definition) is 1. The highest BCUT2D eigenvalue weighted by atomic mass is 16.5. The fourth-order valence-electron chi connectivity index (χ4n) is 1.12. The van der Waals surface area contributed by atoms with Crippen molar-refractivity contribution in [3.63, 3.8) is 0 Å². The Hall–Kier alpha value is -1.86. The van der Waals surface area contributed by atoms with Crippen LogP contribution in [0.15, 0.2) is 24.3 Å². The second-order valence-electron chi connectivity index (χ2n) is 3.57. The number of para-hydroxylation sites is 1. The lowest BCUT2D eigenvalue weighted by atomic mass is 10.2. The molecule has 1 aromatic rings. The molecule has 0 fully saturated rings. The van der Waals surface area contributed by atoms with Crippen molar-refractivity contribution < 1.29 is 9.53 Å². The lowest BCUT2D eigenvalue weighted by Gasteiger charge is -2.09. The van der Waals surface area contributed by atoms with Crippen LogP contribution in [0.3, 0.4) is 0 Å². The minimum absolute atomic E-state index is 0.00255. The van der Waals surface area contributed by atoms with E-state index in [9.17, 15) is 4.79 Å². The lowest BCUT2D eigenvalue weighted by molar-refractivity contribution is -0.121. The molecule has 0 aromatic heterocycles. The number of nitrogens with one attached hydrogen (secondary N) is 1. The number of benzene rings is 1. The zero-order valence-electron chi connectivity index (χ0n) is 9.36. The Labute approximate surface area is 94.8 Å². The Morgan fingerprint density at radius 2 is 2.19 bits per heavy atom. The zero-order valence-corrected chi connectivity index (χ0v) is 9.36. The first kappa shape index (κ1) is 12.2. The molecule has 0 aliphatic heterocycles. The van der Waals surface area contributed by atoms with Gasteiger partial charge in [-0.3, -0.25) is 4.79 Å². The first-order valence-corrected chi connectivity index (χ1v) is 5.04. The van der Waals surface area contributed by atoms with Crippen LogP contribution in [0.25, 0.3) is 0 Å². The molecule has 0 saturated carbocycles.